The van der Waals surface area contributed by atoms with Gasteiger partial charge in [0.05, 0.1) is 12.0 Å². The molecule has 0 amide bonds. The van der Waals surface area contributed by atoms with Gasteiger partial charge in [0, 0.05) is 5.56 Å². The van der Waals surface area contributed by atoms with Crippen LogP contribution in [0.3, 0.4) is 0 Å². The third-order valence-corrected chi connectivity index (χ3v) is 6.47. The Morgan fingerprint density at radius 2 is 1.60 bits per heavy atom. The van der Waals surface area contributed by atoms with Crippen molar-refractivity contribution in [1.29, 1.82) is 0 Å². The van der Waals surface area contributed by atoms with Gasteiger partial charge in [-0.15, -0.1) is 0 Å². The van der Waals surface area contributed by atoms with Gasteiger partial charge in [0.2, 0.25) is 0 Å². The highest BCUT2D eigenvalue weighted by Gasteiger charge is 2.26. The average Bonchev–Trinajstić information content (AvgIpc) is 2.77. The summed E-state index contributed by atoms with van der Waals surface area (Å²) in [6.45, 7) is 3.98. The van der Waals surface area contributed by atoms with Crippen molar-refractivity contribution >= 4 is 10.1 Å². The van der Waals surface area contributed by atoms with Crippen LogP contribution in [0.2, 0.25) is 0 Å². The first kappa shape index (κ1) is 22.1. The highest BCUT2D eigenvalue weighted by atomic mass is 32.2. The van der Waals surface area contributed by atoms with E-state index >= 15 is 0 Å². The lowest BCUT2D eigenvalue weighted by atomic mass is 9.98. The van der Waals surface area contributed by atoms with Gasteiger partial charge in [-0.1, -0.05) is 61.0 Å². The molecular formula is C25H28O4S. The van der Waals surface area contributed by atoms with Crippen LogP contribution in [0.5, 0.6) is 5.75 Å². The molecule has 0 saturated heterocycles. The molecule has 158 valence electrons. The first-order valence-electron chi connectivity index (χ1n) is 10.1. The Labute approximate surface area is 179 Å². The molecule has 0 aromatic heterocycles. The number of rotatable bonds is 9. The largest absolute Gasteiger partial charge is 0.496 e. The van der Waals surface area contributed by atoms with E-state index < -0.39 is 16.2 Å². The summed E-state index contributed by atoms with van der Waals surface area (Å²) in [5.41, 5.74) is 3.98. The summed E-state index contributed by atoms with van der Waals surface area (Å²) in [7, 11) is -2.34. The molecule has 5 heteroatoms. The molecule has 0 bridgehead atoms. The van der Waals surface area contributed by atoms with Crippen LogP contribution in [-0.2, 0) is 27.1 Å². The zero-order valence-corrected chi connectivity index (χ0v) is 18.5. The second kappa shape index (κ2) is 9.92. The molecule has 1 atom stereocenters. The summed E-state index contributed by atoms with van der Waals surface area (Å²) < 4.78 is 37.4. The van der Waals surface area contributed by atoms with Gasteiger partial charge in [0.15, 0.2) is 0 Å². The smallest absolute Gasteiger partial charge is 0.297 e. The van der Waals surface area contributed by atoms with Gasteiger partial charge in [-0.05, 0) is 61.6 Å². The molecule has 0 fully saturated rings. The predicted octanol–water partition coefficient (Wildman–Crippen LogP) is 5.65. The van der Waals surface area contributed by atoms with E-state index in [1.165, 1.54) is 0 Å². The van der Waals surface area contributed by atoms with Gasteiger partial charge < -0.3 is 4.74 Å². The van der Waals surface area contributed by atoms with Gasteiger partial charge in [-0.2, -0.15) is 8.42 Å². The van der Waals surface area contributed by atoms with Crippen LogP contribution < -0.4 is 4.74 Å². The fourth-order valence-corrected chi connectivity index (χ4v) is 4.45. The lowest BCUT2D eigenvalue weighted by molar-refractivity contribution is 0.198. The average molecular weight is 425 g/mol. The maximum atomic E-state index is 13.0. The maximum Gasteiger partial charge on any atom is 0.297 e. The van der Waals surface area contributed by atoms with Gasteiger partial charge in [0.1, 0.15) is 11.9 Å². The Morgan fingerprint density at radius 3 is 2.23 bits per heavy atom. The summed E-state index contributed by atoms with van der Waals surface area (Å²) in [4.78, 5) is 0.156. The van der Waals surface area contributed by atoms with Crippen molar-refractivity contribution in [3.8, 4) is 5.75 Å². The van der Waals surface area contributed by atoms with E-state index in [9.17, 15) is 8.42 Å². The normalized spacial score (nSPS) is 12.5. The van der Waals surface area contributed by atoms with E-state index in [2.05, 4.69) is 6.92 Å². The van der Waals surface area contributed by atoms with Crippen molar-refractivity contribution in [2.75, 3.05) is 7.11 Å². The summed E-state index contributed by atoms with van der Waals surface area (Å²) in [6.07, 6.45) is 1.39. The summed E-state index contributed by atoms with van der Waals surface area (Å²) in [6, 6.07) is 22.6. The molecule has 0 N–H and O–H groups in total. The lowest BCUT2D eigenvalue weighted by Gasteiger charge is -2.21. The van der Waals surface area contributed by atoms with Crippen LogP contribution in [-0.4, -0.2) is 15.5 Å². The van der Waals surface area contributed by atoms with Crippen LogP contribution in [0.1, 0.15) is 41.7 Å². The van der Waals surface area contributed by atoms with E-state index in [1.807, 2.05) is 55.5 Å². The minimum atomic E-state index is -3.93. The van der Waals surface area contributed by atoms with Gasteiger partial charge in [-0.25, -0.2) is 0 Å². The Morgan fingerprint density at radius 1 is 0.900 bits per heavy atom. The van der Waals surface area contributed by atoms with Gasteiger partial charge in [0.25, 0.3) is 10.1 Å². The molecule has 0 radical (unpaired) electrons. The molecule has 0 aliphatic heterocycles. The molecule has 0 aliphatic carbocycles. The molecule has 3 aromatic carbocycles. The van der Waals surface area contributed by atoms with Crippen molar-refractivity contribution in [2.24, 2.45) is 0 Å². The monoisotopic (exact) mass is 424 g/mol. The number of ether oxygens (including phenoxy) is 1. The quantitative estimate of drug-likeness (QED) is 0.417. The molecule has 3 rings (SSSR count). The van der Waals surface area contributed by atoms with E-state index in [0.29, 0.717) is 18.6 Å². The number of hydrogen-bond donors (Lipinski definition) is 0. The van der Waals surface area contributed by atoms with Crippen molar-refractivity contribution in [2.45, 2.75) is 44.1 Å². The van der Waals surface area contributed by atoms with E-state index in [1.54, 1.807) is 31.4 Å². The summed E-state index contributed by atoms with van der Waals surface area (Å²) in [5.74, 6) is 0.629. The van der Waals surface area contributed by atoms with E-state index in [-0.39, 0.29) is 4.90 Å². The highest BCUT2D eigenvalue weighted by molar-refractivity contribution is 7.86. The van der Waals surface area contributed by atoms with Crippen molar-refractivity contribution in [3.63, 3.8) is 0 Å². The molecule has 0 aliphatic rings. The number of benzene rings is 3. The number of methoxy groups -OCH3 is 1. The standard InChI is InChI=1S/C25H28O4S/c1-4-20-12-16-24(28-3)23(18-20)25(17-13-21-8-6-5-7-9-21)29-30(26,27)22-14-10-19(2)11-15-22/h5-12,14-16,18,25H,4,13,17H2,1-3H3. The minimum absolute atomic E-state index is 0.156. The second-order valence-corrected chi connectivity index (χ2v) is 8.88. The topological polar surface area (TPSA) is 52.6 Å². The molecular weight excluding hydrogens is 396 g/mol. The third-order valence-electron chi connectivity index (χ3n) is 5.14. The maximum absolute atomic E-state index is 13.0. The first-order valence-corrected chi connectivity index (χ1v) is 11.5. The molecule has 30 heavy (non-hydrogen) atoms. The molecule has 0 saturated carbocycles. The number of hydrogen-bond acceptors (Lipinski definition) is 4. The fourth-order valence-electron chi connectivity index (χ4n) is 3.37. The van der Waals surface area contributed by atoms with E-state index in [4.69, 9.17) is 8.92 Å². The Bertz CT molecular complexity index is 1060. The molecule has 0 spiro atoms. The van der Waals surface area contributed by atoms with Crippen molar-refractivity contribution in [3.05, 3.63) is 95.1 Å². The lowest BCUT2D eigenvalue weighted by Crippen LogP contribution is -2.14. The number of aryl methyl sites for hydroxylation is 3. The van der Waals surface area contributed by atoms with Gasteiger partial charge >= 0.3 is 0 Å². The summed E-state index contributed by atoms with van der Waals surface area (Å²) >= 11 is 0. The Hall–Kier alpha value is -2.63. The third kappa shape index (κ3) is 5.49. The van der Waals surface area contributed by atoms with Crippen LogP contribution in [0.4, 0.5) is 0 Å². The Kier molecular flexibility index (Phi) is 7.29. The van der Waals surface area contributed by atoms with Gasteiger partial charge in [-0.3, -0.25) is 4.18 Å². The van der Waals surface area contributed by atoms with Crippen LogP contribution in [0.15, 0.2) is 77.7 Å². The zero-order chi connectivity index (χ0) is 21.6. The van der Waals surface area contributed by atoms with Crippen LogP contribution >= 0.6 is 0 Å². The minimum Gasteiger partial charge on any atom is -0.496 e. The first-order chi connectivity index (χ1) is 14.4. The van der Waals surface area contributed by atoms with Crippen molar-refractivity contribution in [1.82, 2.24) is 0 Å². The molecule has 3 aromatic rings. The molecule has 0 heterocycles. The summed E-state index contributed by atoms with van der Waals surface area (Å²) in [5, 5.41) is 0. The zero-order valence-electron chi connectivity index (χ0n) is 17.7. The second-order valence-electron chi connectivity index (χ2n) is 7.31. The SMILES string of the molecule is CCc1ccc(OC)c(C(CCc2ccccc2)OS(=O)(=O)c2ccc(C)cc2)c1. The van der Waals surface area contributed by atoms with Crippen LogP contribution in [0, 0.1) is 6.92 Å². The molecule has 4 nitrogen and oxygen atoms in total. The van der Waals surface area contributed by atoms with Crippen molar-refractivity contribution < 1.29 is 17.3 Å². The van der Waals surface area contributed by atoms with Crippen LogP contribution in [0.25, 0.3) is 0 Å². The Balaban J connectivity index is 1.96. The molecule has 1 unspecified atom stereocenters. The fraction of sp³-hybridized carbons (Fsp3) is 0.280. The predicted molar refractivity (Wildman–Crippen MR) is 119 cm³/mol. The van der Waals surface area contributed by atoms with E-state index in [0.717, 1.165) is 28.7 Å². The highest BCUT2D eigenvalue weighted by Crippen LogP contribution is 2.35.